The van der Waals surface area contributed by atoms with Crippen LogP contribution in [0.4, 0.5) is 0 Å². The number of β-amino-alcohol motifs (C(OH)–C–C–N with tert-alkyl or cyclic N) is 1. The molecule has 1 saturated heterocycles. The molecule has 0 aliphatic carbocycles. The number of aliphatic hydroxyl groups excluding tert-OH is 1. The zero-order valence-electron chi connectivity index (χ0n) is 13.5. The fourth-order valence-corrected chi connectivity index (χ4v) is 3.09. The predicted molar refractivity (Wildman–Crippen MR) is 90.6 cm³/mol. The fourth-order valence-electron chi connectivity index (χ4n) is 2.81. The van der Waals surface area contributed by atoms with Crippen molar-refractivity contribution in [2.75, 3.05) is 33.3 Å². The summed E-state index contributed by atoms with van der Waals surface area (Å²) in [6.45, 7) is 6.55. The van der Waals surface area contributed by atoms with Gasteiger partial charge < -0.3 is 20.1 Å². The van der Waals surface area contributed by atoms with E-state index in [9.17, 15) is 5.11 Å². The first-order chi connectivity index (χ1) is 10.6. The first-order valence-corrected chi connectivity index (χ1v) is 8.40. The molecule has 1 heterocycles. The first kappa shape index (κ1) is 17.5. The van der Waals surface area contributed by atoms with Crippen LogP contribution in [-0.4, -0.2) is 49.4 Å². The minimum absolute atomic E-state index is 0.331. The van der Waals surface area contributed by atoms with Gasteiger partial charge in [0.15, 0.2) is 0 Å². The molecule has 124 valence electrons. The topological polar surface area (TPSA) is 44.7 Å². The number of benzene rings is 1. The second kappa shape index (κ2) is 8.73. The van der Waals surface area contributed by atoms with Crippen molar-refractivity contribution in [2.45, 2.75) is 32.4 Å². The first-order valence-electron chi connectivity index (χ1n) is 8.02. The molecule has 0 bridgehead atoms. The summed E-state index contributed by atoms with van der Waals surface area (Å²) in [4.78, 5) is 2.36. The number of aliphatic hydroxyl groups is 1. The number of halogens is 1. The van der Waals surface area contributed by atoms with E-state index in [1.54, 1.807) is 7.11 Å². The molecule has 1 aliphatic rings. The predicted octanol–water partition coefficient (Wildman–Crippen LogP) is 2.53. The number of methoxy groups -OCH3 is 1. The summed E-state index contributed by atoms with van der Waals surface area (Å²) >= 11 is 6.10. The van der Waals surface area contributed by atoms with E-state index < -0.39 is 0 Å². The molecule has 0 radical (unpaired) electrons. The maximum Gasteiger partial charge on any atom is 0.137 e. The highest BCUT2D eigenvalue weighted by Crippen LogP contribution is 2.24. The van der Waals surface area contributed by atoms with E-state index in [-0.39, 0.29) is 6.10 Å². The second-order valence-electron chi connectivity index (χ2n) is 6.24. The lowest BCUT2D eigenvalue weighted by atomic mass is 9.99. The molecule has 1 aromatic carbocycles. The maximum atomic E-state index is 10.1. The summed E-state index contributed by atoms with van der Waals surface area (Å²) in [5.41, 5.74) is 1.09. The number of likely N-dealkylation sites (tertiary alicyclic amines) is 1. The summed E-state index contributed by atoms with van der Waals surface area (Å²) in [5.74, 6) is 1.51. The van der Waals surface area contributed by atoms with Crippen LogP contribution in [0.3, 0.4) is 0 Å². The van der Waals surface area contributed by atoms with Crippen molar-refractivity contribution in [1.29, 1.82) is 0 Å². The van der Waals surface area contributed by atoms with Crippen LogP contribution >= 0.6 is 11.6 Å². The lowest BCUT2D eigenvalue weighted by Crippen LogP contribution is -2.41. The van der Waals surface area contributed by atoms with Crippen molar-refractivity contribution in [3.05, 3.63) is 28.8 Å². The normalized spacial score (nSPS) is 18.4. The molecule has 1 aromatic rings. The van der Waals surface area contributed by atoms with Crippen molar-refractivity contribution in [3.8, 4) is 5.75 Å². The third kappa shape index (κ3) is 5.43. The lowest BCUT2D eigenvalue weighted by Gasteiger charge is -2.31. The van der Waals surface area contributed by atoms with Crippen molar-refractivity contribution in [2.24, 2.45) is 5.92 Å². The van der Waals surface area contributed by atoms with E-state index in [0.29, 0.717) is 23.9 Å². The summed E-state index contributed by atoms with van der Waals surface area (Å²) < 4.78 is 5.14. The van der Waals surface area contributed by atoms with Crippen molar-refractivity contribution in [3.63, 3.8) is 0 Å². The van der Waals surface area contributed by atoms with Crippen LogP contribution in [0, 0.1) is 5.92 Å². The molecular weight excluding hydrogens is 300 g/mol. The summed E-state index contributed by atoms with van der Waals surface area (Å²) in [6, 6.07) is 5.74. The molecule has 2 N–H and O–H groups in total. The molecule has 0 saturated carbocycles. The Balaban J connectivity index is 1.68. The third-order valence-electron chi connectivity index (χ3n) is 4.27. The number of hydrogen-bond donors (Lipinski definition) is 2. The Hall–Kier alpha value is -0.810. The monoisotopic (exact) mass is 326 g/mol. The number of piperidine rings is 1. The smallest absolute Gasteiger partial charge is 0.137 e. The Kier molecular flexibility index (Phi) is 6.96. The van der Waals surface area contributed by atoms with E-state index in [1.165, 1.54) is 12.8 Å². The quantitative estimate of drug-likeness (QED) is 0.808. The van der Waals surface area contributed by atoms with Crippen molar-refractivity contribution < 1.29 is 9.84 Å². The SMILES string of the molecule is COc1ccc(CNCC(O)CN2CCC(C)CC2)cc1Cl. The molecule has 4 nitrogen and oxygen atoms in total. The zero-order chi connectivity index (χ0) is 15.9. The van der Waals surface area contributed by atoms with Crippen LogP contribution < -0.4 is 10.1 Å². The Labute approximate surface area is 138 Å². The average Bonchev–Trinajstić information content (AvgIpc) is 2.50. The van der Waals surface area contributed by atoms with Gasteiger partial charge in [0.05, 0.1) is 18.2 Å². The van der Waals surface area contributed by atoms with Gasteiger partial charge in [0.1, 0.15) is 5.75 Å². The van der Waals surface area contributed by atoms with Crippen LogP contribution in [0.2, 0.25) is 5.02 Å². The number of hydrogen-bond acceptors (Lipinski definition) is 4. The minimum atomic E-state index is -0.331. The van der Waals surface area contributed by atoms with E-state index in [4.69, 9.17) is 16.3 Å². The number of ether oxygens (including phenoxy) is 1. The molecule has 1 unspecified atom stereocenters. The molecule has 0 aromatic heterocycles. The molecule has 1 atom stereocenters. The molecule has 5 heteroatoms. The summed E-state index contributed by atoms with van der Waals surface area (Å²) in [6.07, 6.45) is 2.15. The van der Waals surface area contributed by atoms with Crippen LogP contribution in [0.15, 0.2) is 18.2 Å². The molecule has 0 spiro atoms. The molecule has 1 aliphatic heterocycles. The lowest BCUT2D eigenvalue weighted by molar-refractivity contribution is 0.0907. The molecule has 2 rings (SSSR count). The number of nitrogens with one attached hydrogen (secondary N) is 1. The van der Waals surface area contributed by atoms with Gasteiger partial charge in [-0.05, 0) is 49.5 Å². The standard InChI is InChI=1S/C17H27ClN2O2/c1-13-5-7-20(8-6-13)12-15(21)11-19-10-14-3-4-17(22-2)16(18)9-14/h3-4,9,13,15,19,21H,5-8,10-12H2,1-2H3. The van der Waals surface area contributed by atoms with Crippen LogP contribution in [0.1, 0.15) is 25.3 Å². The van der Waals surface area contributed by atoms with Gasteiger partial charge in [-0.3, -0.25) is 0 Å². The number of nitrogens with zero attached hydrogens (tertiary/aromatic N) is 1. The largest absolute Gasteiger partial charge is 0.495 e. The van der Waals surface area contributed by atoms with E-state index >= 15 is 0 Å². The van der Waals surface area contributed by atoms with Crippen LogP contribution in [0.5, 0.6) is 5.75 Å². The van der Waals surface area contributed by atoms with Crippen molar-refractivity contribution >= 4 is 11.6 Å². The zero-order valence-corrected chi connectivity index (χ0v) is 14.3. The Morgan fingerprint density at radius 2 is 2.14 bits per heavy atom. The molecule has 0 amide bonds. The van der Waals surface area contributed by atoms with Gasteiger partial charge in [0.25, 0.3) is 0 Å². The number of rotatable bonds is 7. The van der Waals surface area contributed by atoms with Crippen LogP contribution in [-0.2, 0) is 6.54 Å². The van der Waals surface area contributed by atoms with Gasteiger partial charge in [0, 0.05) is 19.6 Å². The fraction of sp³-hybridized carbons (Fsp3) is 0.647. The Morgan fingerprint density at radius 3 is 2.77 bits per heavy atom. The van der Waals surface area contributed by atoms with Gasteiger partial charge in [0.2, 0.25) is 0 Å². The van der Waals surface area contributed by atoms with Crippen LogP contribution in [0.25, 0.3) is 0 Å². The highest BCUT2D eigenvalue weighted by atomic mass is 35.5. The van der Waals surface area contributed by atoms with Gasteiger partial charge in [-0.15, -0.1) is 0 Å². The summed E-state index contributed by atoms with van der Waals surface area (Å²) in [7, 11) is 1.61. The van der Waals surface area contributed by atoms with Gasteiger partial charge in [-0.2, -0.15) is 0 Å². The second-order valence-corrected chi connectivity index (χ2v) is 6.64. The summed E-state index contributed by atoms with van der Waals surface area (Å²) in [5, 5.41) is 14.0. The van der Waals surface area contributed by atoms with Crippen molar-refractivity contribution in [1.82, 2.24) is 10.2 Å². The molecule has 1 fully saturated rings. The highest BCUT2D eigenvalue weighted by molar-refractivity contribution is 6.32. The Morgan fingerprint density at radius 1 is 1.41 bits per heavy atom. The average molecular weight is 327 g/mol. The Bertz CT molecular complexity index is 462. The maximum absolute atomic E-state index is 10.1. The van der Waals surface area contributed by atoms with E-state index in [2.05, 4.69) is 17.1 Å². The van der Waals surface area contributed by atoms with Gasteiger partial charge in [-0.1, -0.05) is 24.6 Å². The highest BCUT2D eigenvalue weighted by Gasteiger charge is 2.18. The molecular formula is C17H27ClN2O2. The van der Waals surface area contributed by atoms with E-state index in [1.807, 2.05) is 18.2 Å². The minimum Gasteiger partial charge on any atom is -0.495 e. The van der Waals surface area contributed by atoms with E-state index in [0.717, 1.165) is 31.1 Å². The third-order valence-corrected chi connectivity index (χ3v) is 4.57. The van der Waals surface area contributed by atoms with Gasteiger partial charge in [-0.25, -0.2) is 0 Å². The molecule has 22 heavy (non-hydrogen) atoms. The van der Waals surface area contributed by atoms with Gasteiger partial charge >= 0.3 is 0 Å².